The van der Waals surface area contributed by atoms with Crippen molar-refractivity contribution >= 4 is 15.9 Å². The van der Waals surface area contributed by atoms with Gasteiger partial charge in [-0.05, 0) is 27.8 Å². The second-order valence-corrected chi connectivity index (χ2v) is 5.05. The molecule has 0 bridgehead atoms. The zero-order valence-electron chi connectivity index (χ0n) is 7.76. The Balaban J connectivity index is 2.24. The molecular formula is C9H13BrN2O. The number of aromatic amines is 1. The molecule has 0 amide bonds. The van der Waals surface area contributed by atoms with Gasteiger partial charge in [-0.2, -0.15) is 0 Å². The molecule has 13 heavy (non-hydrogen) atoms. The molecule has 2 N–H and O–H groups in total. The predicted octanol–water partition coefficient (Wildman–Crippen LogP) is 2.18. The third-order valence-electron chi connectivity index (χ3n) is 2.75. The van der Waals surface area contributed by atoms with E-state index in [0.717, 1.165) is 16.1 Å². The molecule has 0 aliphatic heterocycles. The molecule has 0 radical (unpaired) electrons. The molecule has 0 aromatic carbocycles. The summed E-state index contributed by atoms with van der Waals surface area (Å²) in [6, 6.07) is 0. The van der Waals surface area contributed by atoms with Gasteiger partial charge in [0.1, 0.15) is 10.4 Å². The summed E-state index contributed by atoms with van der Waals surface area (Å²) in [6.45, 7) is 4.47. The van der Waals surface area contributed by atoms with E-state index in [2.05, 4.69) is 39.7 Å². The molecule has 3 nitrogen and oxygen atoms in total. The SMILES string of the molecule is CC1(C)CC1c1nc(Br)c(CO)[nH]1. The number of nitrogens with one attached hydrogen (secondary N) is 1. The molecule has 1 fully saturated rings. The molecule has 4 heteroatoms. The number of H-pyrrole nitrogens is 1. The number of nitrogens with zero attached hydrogens (tertiary/aromatic N) is 1. The van der Waals surface area contributed by atoms with Crippen molar-refractivity contribution in [1.29, 1.82) is 0 Å². The second kappa shape index (κ2) is 2.82. The van der Waals surface area contributed by atoms with Crippen molar-refractivity contribution in [2.75, 3.05) is 0 Å². The third-order valence-corrected chi connectivity index (χ3v) is 3.40. The van der Waals surface area contributed by atoms with E-state index in [1.165, 1.54) is 6.42 Å². The average molecular weight is 245 g/mol. The largest absolute Gasteiger partial charge is 0.390 e. The lowest BCUT2D eigenvalue weighted by Gasteiger charge is -1.98. The predicted molar refractivity (Wildman–Crippen MR) is 53.3 cm³/mol. The van der Waals surface area contributed by atoms with Crippen molar-refractivity contribution in [2.24, 2.45) is 5.41 Å². The molecule has 1 atom stereocenters. The number of aliphatic hydroxyl groups is 1. The van der Waals surface area contributed by atoms with Crippen LogP contribution in [0, 0.1) is 5.41 Å². The highest BCUT2D eigenvalue weighted by Gasteiger charge is 2.48. The van der Waals surface area contributed by atoms with Gasteiger partial charge in [0.05, 0.1) is 12.3 Å². The van der Waals surface area contributed by atoms with Gasteiger partial charge in [0.15, 0.2) is 0 Å². The summed E-state index contributed by atoms with van der Waals surface area (Å²) in [4.78, 5) is 7.48. The van der Waals surface area contributed by atoms with Crippen molar-refractivity contribution in [1.82, 2.24) is 9.97 Å². The van der Waals surface area contributed by atoms with E-state index in [4.69, 9.17) is 5.11 Å². The van der Waals surface area contributed by atoms with E-state index in [-0.39, 0.29) is 6.61 Å². The number of imidazole rings is 1. The Hall–Kier alpha value is -0.350. The molecule has 1 aromatic heterocycles. The number of aliphatic hydroxyl groups excluding tert-OH is 1. The maximum Gasteiger partial charge on any atom is 0.129 e. The topological polar surface area (TPSA) is 48.9 Å². The Morgan fingerprint density at radius 2 is 2.31 bits per heavy atom. The monoisotopic (exact) mass is 244 g/mol. The van der Waals surface area contributed by atoms with Crippen molar-refractivity contribution in [3.8, 4) is 0 Å². The van der Waals surface area contributed by atoms with Crippen molar-refractivity contribution in [3.63, 3.8) is 0 Å². The van der Waals surface area contributed by atoms with Crippen LogP contribution in [-0.4, -0.2) is 15.1 Å². The van der Waals surface area contributed by atoms with Crippen LogP contribution in [0.1, 0.15) is 37.7 Å². The summed E-state index contributed by atoms with van der Waals surface area (Å²) in [5.74, 6) is 1.53. The fourth-order valence-electron chi connectivity index (χ4n) is 1.61. The Kier molecular flexibility index (Phi) is 2.00. The minimum atomic E-state index is 0.0146. The van der Waals surface area contributed by atoms with Crippen LogP contribution in [0.4, 0.5) is 0 Å². The quantitative estimate of drug-likeness (QED) is 0.838. The zero-order chi connectivity index (χ0) is 9.64. The zero-order valence-corrected chi connectivity index (χ0v) is 9.35. The van der Waals surface area contributed by atoms with Gasteiger partial charge in [-0.1, -0.05) is 13.8 Å². The molecule has 1 heterocycles. The van der Waals surface area contributed by atoms with Crippen LogP contribution < -0.4 is 0 Å². The summed E-state index contributed by atoms with van der Waals surface area (Å²) in [6.07, 6.45) is 1.18. The van der Waals surface area contributed by atoms with Gasteiger partial charge in [0, 0.05) is 5.92 Å². The summed E-state index contributed by atoms with van der Waals surface area (Å²) >= 11 is 3.31. The van der Waals surface area contributed by atoms with Crippen LogP contribution in [0.2, 0.25) is 0 Å². The van der Waals surface area contributed by atoms with Crippen LogP contribution in [0.25, 0.3) is 0 Å². The number of halogens is 1. The number of hydrogen-bond acceptors (Lipinski definition) is 2. The number of hydrogen-bond donors (Lipinski definition) is 2. The van der Waals surface area contributed by atoms with Crippen molar-refractivity contribution in [3.05, 3.63) is 16.1 Å². The standard InChI is InChI=1S/C9H13BrN2O/c1-9(2)3-5(9)8-11-6(4-13)7(10)12-8/h5,13H,3-4H2,1-2H3,(H,11,12). The maximum absolute atomic E-state index is 8.96. The molecule has 72 valence electrons. The van der Waals surface area contributed by atoms with E-state index in [9.17, 15) is 0 Å². The van der Waals surface area contributed by atoms with Crippen LogP contribution in [0.5, 0.6) is 0 Å². The lowest BCUT2D eigenvalue weighted by molar-refractivity contribution is 0.276. The molecule has 1 saturated carbocycles. The van der Waals surface area contributed by atoms with Crippen LogP contribution in [-0.2, 0) is 6.61 Å². The van der Waals surface area contributed by atoms with E-state index >= 15 is 0 Å². The van der Waals surface area contributed by atoms with Crippen molar-refractivity contribution < 1.29 is 5.11 Å². The average Bonchev–Trinajstić information content (AvgIpc) is 2.55. The first-order valence-corrected chi connectivity index (χ1v) is 5.19. The Morgan fingerprint density at radius 3 is 2.69 bits per heavy atom. The highest BCUT2D eigenvalue weighted by atomic mass is 79.9. The van der Waals surface area contributed by atoms with Gasteiger partial charge >= 0.3 is 0 Å². The first-order chi connectivity index (χ1) is 6.04. The smallest absolute Gasteiger partial charge is 0.129 e. The van der Waals surface area contributed by atoms with Gasteiger partial charge in [-0.3, -0.25) is 0 Å². The van der Waals surface area contributed by atoms with Crippen molar-refractivity contribution in [2.45, 2.75) is 32.8 Å². The van der Waals surface area contributed by atoms with E-state index in [0.29, 0.717) is 11.3 Å². The highest BCUT2D eigenvalue weighted by Crippen LogP contribution is 2.57. The minimum Gasteiger partial charge on any atom is -0.390 e. The molecule has 1 aliphatic carbocycles. The van der Waals surface area contributed by atoms with E-state index in [1.807, 2.05) is 0 Å². The van der Waals surface area contributed by atoms with Gasteiger partial charge in [-0.15, -0.1) is 0 Å². The lowest BCUT2D eigenvalue weighted by Crippen LogP contribution is -1.92. The first kappa shape index (κ1) is 9.21. The molecule has 0 spiro atoms. The fourth-order valence-corrected chi connectivity index (χ4v) is 2.03. The number of rotatable bonds is 2. The van der Waals surface area contributed by atoms with Crippen LogP contribution in [0.15, 0.2) is 4.60 Å². The summed E-state index contributed by atoms with van der Waals surface area (Å²) in [5.41, 5.74) is 1.15. The molecule has 2 rings (SSSR count). The molecule has 1 aromatic rings. The summed E-state index contributed by atoms with van der Waals surface area (Å²) < 4.78 is 0.743. The minimum absolute atomic E-state index is 0.0146. The molecule has 1 unspecified atom stereocenters. The third kappa shape index (κ3) is 1.53. The highest BCUT2D eigenvalue weighted by molar-refractivity contribution is 9.10. The Morgan fingerprint density at radius 1 is 1.69 bits per heavy atom. The van der Waals surface area contributed by atoms with E-state index < -0.39 is 0 Å². The van der Waals surface area contributed by atoms with Crippen LogP contribution in [0.3, 0.4) is 0 Å². The summed E-state index contributed by atoms with van der Waals surface area (Å²) in [7, 11) is 0. The van der Waals surface area contributed by atoms with Gasteiger partial charge in [-0.25, -0.2) is 4.98 Å². The van der Waals surface area contributed by atoms with Gasteiger partial charge in [0.2, 0.25) is 0 Å². The van der Waals surface area contributed by atoms with E-state index in [1.54, 1.807) is 0 Å². The second-order valence-electron chi connectivity index (χ2n) is 4.29. The molecule has 1 aliphatic rings. The summed E-state index contributed by atoms with van der Waals surface area (Å²) in [5, 5.41) is 8.96. The normalized spacial score (nSPS) is 24.8. The fraction of sp³-hybridized carbons (Fsp3) is 0.667. The van der Waals surface area contributed by atoms with Crippen LogP contribution >= 0.6 is 15.9 Å². The van der Waals surface area contributed by atoms with Gasteiger partial charge < -0.3 is 10.1 Å². The Bertz CT molecular complexity index is 332. The number of aromatic nitrogens is 2. The Labute approximate surface area is 85.7 Å². The first-order valence-electron chi connectivity index (χ1n) is 4.40. The molecular weight excluding hydrogens is 232 g/mol. The molecule has 0 saturated heterocycles. The van der Waals surface area contributed by atoms with Gasteiger partial charge in [0.25, 0.3) is 0 Å². The maximum atomic E-state index is 8.96. The lowest BCUT2D eigenvalue weighted by atomic mass is 10.1.